The molecular formula is C22H26N4O4. The van der Waals surface area contributed by atoms with Crippen LogP contribution in [0.2, 0.25) is 0 Å². The molecule has 0 aliphatic carbocycles. The minimum atomic E-state index is -1.32. The van der Waals surface area contributed by atoms with Crippen LogP contribution in [0.5, 0.6) is 5.75 Å². The molecular weight excluding hydrogens is 384 g/mol. The van der Waals surface area contributed by atoms with Crippen molar-refractivity contribution in [2.45, 2.75) is 25.4 Å². The first kappa shape index (κ1) is 21.3. The maximum atomic E-state index is 13.1. The molecule has 4 amide bonds. The fourth-order valence-electron chi connectivity index (χ4n) is 3.47. The van der Waals surface area contributed by atoms with Crippen LogP contribution in [0, 0.1) is 0 Å². The number of benzene rings is 2. The average Bonchev–Trinajstić information content (AvgIpc) is 2.98. The molecule has 1 saturated heterocycles. The summed E-state index contributed by atoms with van der Waals surface area (Å²) in [5.74, 6) is -0.476. The molecule has 2 aromatic carbocycles. The second-order valence-electron chi connectivity index (χ2n) is 7.29. The highest BCUT2D eigenvalue weighted by molar-refractivity contribution is 6.08. The van der Waals surface area contributed by atoms with E-state index < -0.39 is 29.4 Å². The van der Waals surface area contributed by atoms with Gasteiger partial charge in [0.15, 0.2) is 0 Å². The molecule has 0 unspecified atom stereocenters. The Morgan fingerprint density at radius 3 is 2.53 bits per heavy atom. The molecule has 0 bridgehead atoms. The van der Waals surface area contributed by atoms with Gasteiger partial charge in [0.05, 0.1) is 7.11 Å². The predicted molar refractivity (Wildman–Crippen MR) is 111 cm³/mol. The van der Waals surface area contributed by atoms with Gasteiger partial charge < -0.3 is 10.1 Å². The number of carbonyl (C=O) groups excluding carboxylic acids is 3. The van der Waals surface area contributed by atoms with E-state index in [0.29, 0.717) is 17.9 Å². The second kappa shape index (κ2) is 8.54. The number of imide groups is 1. The zero-order valence-electron chi connectivity index (χ0n) is 17.5. The maximum absolute atomic E-state index is 13.1. The average molecular weight is 410 g/mol. The van der Waals surface area contributed by atoms with Gasteiger partial charge in [-0.15, -0.1) is 0 Å². The molecule has 1 aliphatic rings. The molecule has 0 saturated carbocycles. The van der Waals surface area contributed by atoms with Crippen molar-refractivity contribution in [3.8, 4) is 5.75 Å². The van der Waals surface area contributed by atoms with Crippen LogP contribution >= 0.6 is 0 Å². The van der Waals surface area contributed by atoms with Gasteiger partial charge in [0.2, 0.25) is 0 Å². The van der Waals surface area contributed by atoms with Crippen LogP contribution in [0.25, 0.3) is 0 Å². The Labute approximate surface area is 175 Å². The molecule has 158 valence electrons. The summed E-state index contributed by atoms with van der Waals surface area (Å²) in [4.78, 5) is 40.7. The Morgan fingerprint density at radius 1 is 1.20 bits per heavy atom. The van der Waals surface area contributed by atoms with E-state index in [1.54, 1.807) is 31.2 Å². The number of hydrogen-bond acceptors (Lipinski definition) is 5. The molecule has 0 radical (unpaired) electrons. The Kier molecular flexibility index (Phi) is 6.07. The lowest BCUT2D eigenvalue weighted by molar-refractivity contribution is -0.141. The number of hydrogen-bond donors (Lipinski definition) is 2. The van der Waals surface area contributed by atoms with Gasteiger partial charge in [-0.2, -0.15) is 5.01 Å². The van der Waals surface area contributed by atoms with Gasteiger partial charge in [0.1, 0.15) is 17.3 Å². The summed E-state index contributed by atoms with van der Waals surface area (Å²) in [6.07, 6.45) is 0. The Bertz CT molecular complexity index is 949. The third-order valence-electron chi connectivity index (χ3n) is 5.36. The van der Waals surface area contributed by atoms with Crippen molar-refractivity contribution in [2.24, 2.45) is 0 Å². The summed E-state index contributed by atoms with van der Waals surface area (Å²) in [7, 11) is 3.33. The SMILES string of the molecule is CCN(C)[C@@H](C(=O)NN1C(=O)N[C@](C)(c2cccc(OC)c2)C1=O)c1ccccc1. The van der Waals surface area contributed by atoms with Crippen molar-refractivity contribution in [1.29, 1.82) is 0 Å². The van der Waals surface area contributed by atoms with Crippen molar-refractivity contribution in [3.63, 3.8) is 0 Å². The molecule has 3 rings (SSSR count). The first-order valence-electron chi connectivity index (χ1n) is 9.68. The molecule has 2 N–H and O–H groups in total. The second-order valence-corrected chi connectivity index (χ2v) is 7.29. The molecule has 8 heteroatoms. The number of likely N-dealkylation sites (N-methyl/N-ethyl adjacent to an activating group) is 1. The summed E-state index contributed by atoms with van der Waals surface area (Å²) in [6.45, 7) is 4.13. The summed E-state index contributed by atoms with van der Waals surface area (Å²) < 4.78 is 5.22. The van der Waals surface area contributed by atoms with Crippen LogP contribution in [0.4, 0.5) is 4.79 Å². The molecule has 8 nitrogen and oxygen atoms in total. The van der Waals surface area contributed by atoms with Gasteiger partial charge in [-0.25, -0.2) is 4.79 Å². The highest BCUT2D eigenvalue weighted by Gasteiger charge is 2.50. The van der Waals surface area contributed by atoms with Gasteiger partial charge in [0.25, 0.3) is 11.8 Å². The highest BCUT2D eigenvalue weighted by atomic mass is 16.5. The topological polar surface area (TPSA) is 91.0 Å². The van der Waals surface area contributed by atoms with Gasteiger partial charge in [-0.1, -0.05) is 49.4 Å². The number of methoxy groups -OCH3 is 1. The first-order chi connectivity index (χ1) is 14.3. The van der Waals surface area contributed by atoms with Gasteiger partial charge in [-0.05, 0) is 43.8 Å². The highest BCUT2D eigenvalue weighted by Crippen LogP contribution is 2.30. The van der Waals surface area contributed by atoms with E-state index in [1.807, 2.05) is 49.2 Å². The van der Waals surface area contributed by atoms with Crippen molar-refractivity contribution >= 4 is 17.8 Å². The standard InChI is InChI=1S/C22H26N4O4/c1-5-25(3)18(15-10-7-6-8-11-15)19(27)24-26-20(28)22(2,23-21(26)29)16-12-9-13-17(14-16)30-4/h6-14,18H,5H2,1-4H3,(H,23,29)(H,24,27)/t18-,22-/m1/s1. The Morgan fingerprint density at radius 2 is 1.90 bits per heavy atom. The minimum Gasteiger partial charge on any atom is -0.497 e. The number of nitrogens with one attached hydrogen (secondary N) is 2. The van der Waals surface area contributed by atoms with Crippen LogP contribution in [0.3, 0.4) is 0 Å². The predicted octanol–water partition coefficient (Wildman–Crippen LogP) is 2.19. The number of amides is 4. The molecule has 2 atom stereocenters. The number of urea groups is 1. The van der Waals surface area contributed by atoms with Gasteiger partial charge >= 0.3 is 6.03 Å². The smallest absolute Gasteiger partial charge is 0.344 e. The number of ether oxygens (including phenoxy) is 1. The fraction of sp³-hybridized carbons (Fsp3) is 0.318. The van der Waals surface area contributed by atoms with E-state index in [2.05, 4.69) is 10.7 Å². The van der Waals surface area contributed by atoms with Crippen LogP contribution in [0.15, 0.2) is 54.6 Å². The molecule has 1 aliphatic heterocycles. The van der Waals surface area contributed by atoms with Crippen molar-refractivity contribution in [3.05, 3.63) is 65.7 Å². The lowest BCUT2D eigenvalue weighted by Crippen LogP contribution is -2.51. The van der Waals surface area contributed by atoms with E-state index >= 15 is 0 Å². The van der Waals surface area contributed by atoms with Crippen LogP contribution in [-0.4, -0.2) is 48.5 Å². The Balaban J connectivity index is 1.86. The summed E-state index contributed by atoms with van der Waals surface area (Å²) in [6, 6.07) is 14.8. The number of carbonyl (C=O) groups is 3. The normalized spacial score (nSPS) is 19.6. The largest absolute Gasteiger partial charge is 0.497 e. The zero-order chi connectivity index (χ0) is 21.9. The number of rotatable bonds is 7. The molecule has 0 spiro atoms. The van der Waals surface area contributed by atoms with Crippen LogP contribution < -0.4 is 15.5 Å². The van der Waals surface area contributed by atoms with E-state index in [0.717, 1.165) is 10.6 Å². The zero-order valence-corrected chi connectivity index (χ0v) is 17.5. The van der Waals surface area contributed by atoms with Crippen molar-refractivity contribution in [2.75, 3.05) is 20.7 Å². The van der Waals surface area contributed by atoms with Crippen LogP contribution in [0.1, 0.15) is 31.0 Å². The fourth-order valence-corrected chi connectivity index (χ4v) is 3.47. The molecule has 30 heavy (non-hydrogen) atoms. The van der Waals surface area contributed by atoms with Crippen molar-refractivity contribution in [1.82, 2.24) is 20.7 Å². The molecule has 1 heterocycles. The number of hydrazine groups is 1. The third-order valence-corrected chi connectivity index (χ3v) is 5.36. The first-order valence-corrected chi connectivity index (χ1v) is 9.68. The summed E-state index contributed by atoms with van der Waals surface area (Å²) in [5.41, 5.74) is 2.51. The summed E-state index contributed by atoms with van der Waals surface area (Å²) >= 11 is 0. The van der Waals surface area contributed by atoms with E-state index in [4.69, 9.17) is 4.74 Å². The lowest BCUT2D eigenvalue weighted by atomic mass is 9.92. The monoisotopic (exact) mass is 410 g/mol. The molecule has 0 aromatic heterocycles. The maximum Gasteiger partial charge on any atom is 0.344 e. The summed E-state index contributed by atoms with van der Waals surface area (Å²) in [5, 5.41) is 3.43. The van der Waals surface area contributed by atoms with E-state index in [9.17, 15) is 14.4 Å². The van der Waals surface area contributed by atoms with Gasteiger partial charge in [-0.3, -0.25) is 19.9 Å². The quantitative estimate of drug-likeness (QED) is 0.683. The van der Waals surface area contributed by atoms with Crippen molar-refractivity contribution < 1.29 is 19.1 Å². The van der Waals surface area contributed by atoms with Gasteiger partial charge in [0, 0.05) is 0 Å². The third kappa shape index (κ3) is 3.86. The minimum absolute atomic E-state index is 0.469. The lowest BCUT2D eigenvalue weighted by Gasteiger charge is -2.28. The van der Waals surface area contributed by atoms with Crippen LogP contribution in [-0.2, 0) is 15.1 Å². The molecule has 2 aromatic rings. The van der Waals surface area contributed by atoms with E-state index in [1.165, 1.54) is 7.11 Å². The molecule has 1 fully saturated rings. The number of nitrogens with zero attached hydrogens (tertiary/aromatic N) is 2. The van der Waals surface area contributed by atoms with E-state index in [-0.39, 0.29) is 0 Å². The Hall–Kier alpha value is -3.39.